The molecule has 26 heavy (non-hydrogen) atoms. The third kappa shape index (κ3) is 4.95. The average molecular weight is 360 g/mol. The molecule has 138 valence electrons. The molecular weight excluding hydrogens is 339 g/mol. The van der Waals surface area contributed by atoms with E-state index in [0.29, 0.717) is 23.5 Å². The van der Waals surface area contributed by atoms with Crippen LogP contribution in [0.2, 0.25) is 0 Å². The van der Waals surface area contributed by atoms with Crippen LogP contribution in [0.3, 0.4) is 0 Å². The predicted molar refractivity (Wildman–Crippen MR) is 95.0 cm³/mol. The maximum absolute atomic E-state index is 13.5. The van der Waals surface area contributed by atoms with E-state index < -0.39 is 5.91 Å². The number of carbonyl (C=O) groups excluding carboxylic acids is 2. The number of methoxy groups -OCH3 is 2. The number of carbonyl (C=O) groups is 2. The molecule has 0 fully saturated rings. The van der Waals surface area contributed by atoms with Gasteiger partial charge in [0.1, 0.15) is 22.9 Å². The van der Waals surface area contributed by atoms with Crippen LogP contribution in [0.5, 0.6) is 11.5 Å². The van der Waals surface area contributed by atoms with Crippen molar-refractivity contribution in [2.75, 3.05) is 27.3 Å². The molecular formula is C19H21FN2O4. The molecule has 0 saturated carbocycles. The van der Waals surface area contributed by atoms with Crippen LogP contribution in [0.15, 0.2) is 42.5 Å². The number of nitrogens with one attached hydrogen (secondary N) is 2. The summed E-state index contributed by atoms with van der Waals surface area (Å²) in [5, 5.41) is 5.16. The first-order valence-corrected chi connectivity index (χ1v) is 8.06. The first-order valence-electron chi connectivity index (χ1n) is 8.06. The summed E-state index contributed by atoms with van der Waals surface area (Å²) < 4.78 is 23.8. The molecule has 0 bridgehead atoms. The Kier molecular flexibility index (Phi) is 6.96. The summed E-state index contributed by atoms with van der Waals surface area (Å²) in [7, 11) is 2.89. The Morgan fingerprint density at radius 1 is 0.962 bits per heavy atom. The van der Waals surface area contributed by atoms with Crippen molar-refractivity contribution in [1.29, 1.82) is 0 Å². The van der Waals surface area contributed by atoms with Gasteiger partial charge in [0, 0.05) is 6.54 Å². The van der Waals surface area contributed by atoms with E-state index in [0.717, 1.165) is 0 Å². The molecule has 7 heteroatoms. The zero-order valence-electron chi connectivity index (χ0n) is 14.7. The van der Waals surface area contributed by atoms with Gasteiger partial charge in [-0.05, 0) is 30.2 Å². The number of hydrogen-bond donors (Lipinski definition) is 2. The second kappa shape index (κ2) is 9.41. The zero-order valence-corrected chi connectivity index (χ0v) is 14.7. The number of ether oxygens (including phenoxy) is 2. The highest BCUT2D eigenvalue weighted by molar-refractivity contribution is 6.01. The number of amides is 2. The summed E-state index contributed by atoms with van der Waals surface area (Å²) >= 11 is 0. The number of rotatable bonds is 8. The topological polar surface area (TPSA) is 76.7 Å². The molecule has 0 aliphatic carbocycles. The summed E-state index contributed by atoms with van der Waals surface area (Å²) in [4.78, 5) is 24.2. The third-order valence-electron chi connectivity index (χ3n) is 3.74. The van der Waals surface area contributed by atoms with Gasteiger partial charge in [-0.25, -0.2) is 4.39 Å². The lowest BCUT2D eigenvalue weighted by Crippen LogP contribution is -2.38. The van der Waals surface area contributed by atoms with Crippen molar-refractivity contribution in [2.24, 2.45) is 0 Å². The quantitative estimate of drug-likeness (QED) is 0.754. The zero-order chi connectivity index (χ0) is 18.9. The Bertz CT molecular complexity index is 758. The van der Waals surface area contributed by atoms with Gasteiger partial charge in [-0.1, -0.05) is 24.3 Å². The minimum atomic E-state index is -0.483. The molecule has 0 aliphatic rings. The molecule has 0 radical (unpaired) electrons. The monoisotopic (exact) mass is 360 g/mol. The Labute approximate surface area is 151 Å². The number of halogens is 1. The van der Waals surface area contributed by atoms with Gasteiger partial charge in [-0.15, -0.1) is 0 Å². The lowest BCUT2D eigenvalue weighted by molar-refractivity contribution is -0.120. The summed E-state index contributed by atoms with van der Waals surface area (Å²) in [6, 6.07) is 11.3. The molecule has 6 nitrogen and oxygen atoms in total. The molecule has 0 atom stereocenters. The molecule has 0 saturated heterocycles. The van der Waals surface area contributed by atoms with Crippen molar-refractivity contribution in [3.8, 4) is 11.5 Å². The van der Waals surface area contributed by atoms with E-state index in [-0.39, 0.29) is 30.4 Å². The van der Waals surface area contributed by atoms with Crippen LogP contribution in [0.4, 0.5) is 4.39 Å². The molecule has 2 rings (SSSR count). The lowest BCUT2D eigenvalue weighted by Gasteiger charge is -2.13. The highest BCUT2D eigenvalue weighted by Gasteiger charge is 2.18. The summed E-state index contributed by atoms with van der Waals surface area (Å²) in [6.45, 7) is 0.0604. The SMILES string of the molecule is COc1cccc(OC)c1C(=O)NCC(=O)NCCc1ccccc1F. The van der Waals surface area contributed by atoms with Gasteiger partial charge < -0.3 is 20.1 Å². The van der Waals surface area contributed by atoms with Crippen LogP contribution < -0.4 is 20.1 Å². The molecule has 0 aromatic heterocycles. The standard InChI is InChI=1S/C19H21FN2O4/c1-25-15-8-5-9-16(26-2)18(15)19(24)22-12-17(23)21-11-10-13-6-3-4-7-14(13)20/h3-9H,10-12H2,1-2H3,(H,21,23)(H,22,24). The second-order valence-corrected chi connectivity index (χ2v) is 5.41. The average Bonchev–Trinajstić information content (AvgIpc) is 2.66. The van der Waals surface area contributed by atoms with Gasteiger partial charge >= 0.3 is 0 Å². The number of hydrogen-bond acceptors (Lipinski definition) is 4. The van der Waals surface area contributed by atoms with Gasteiger partial charge in [0.15, 0.2) is 0 Å². The number of benzene rings is 2. The molecule has 0 heterocycles. The molecule has 0 spiro atoms. The Morgan fingerprint density at radius 3 is 2.23 bits per heavy atom. The maximum atomic E-state index is 13.5. The second-order valence-electron chi connectivity index (χ2n) is 5.41. The van der Waals surface area contributed by atoms with Gasteiger partial charge in [-0.2, -0.15) is 0 Å². The highest BCUT2D eigenvalue weighted by atomic mass is 19.1. The van der Waals surface area contributed by atoms with Crippen LogP contribution in [-0.2, 0) is 11.2 Å². The largest absolute Gasteiger partial charge is 0.496 e. The first kappa shape index (κ1) is 19.2. The van der Waals surface area contributed by atoms with E-state index in [9.17, 15) is 14.0 Å². The van der Waals surface area contributed by atoms with E-state index in [4.69, 9.17) is 9.47 Å². The van der Waals surface area contributed by atoms with E-state index >= 15 is 0 Å². The fraction of sp³-hybridized carbons (Fsp3) is 0.263. The van der Waals surface area contributed by atoms with Crippen LogP contribution >= 0.6 is 0 Å². The van der Waals surface area contributed by atoms with Crippen molar-refractivity contribution in [3.63, 3.8) is 0 Å². The summed E-state index contributed by atoms with van der Waals surface area (Å²) in [5.41, 5.74) is 0.743. The molecule has 0 aliphatic heterocycles. The first-order chi connectivity index (χ1) is 12.6. The van der Waals surface area contributed by atoms with Crippen LogP contribution in [0.25, 0.3) is 0 Å². The van der Waals surface area contributed by atoms with Crippen molar-refractivity contribution < 1.29 is 23.5 Å². The van der Waals surface area contributed by atoms with E-state index in [1.54, 1.807) is 36.4 Å². The highest BCUT2D eigenvalue weighted by Crippen LogP contribution is 2.27. The van der Waals surface area contributed by atoms with Gasteiger partial charge in [0.25, 0.3) is 5.91 Å². The van der Waals surface area contributed by atoms with Crippen LogP contribution in [0.1, 0.15) is 15.9 Å². The van der Waals surface area contributed by atoms with Crippen molar-refractivity contribution in [2.45, 2.75) is 6.42 Å². The Balaban J connectivity index is 1.86. The van der Waals surface area contributed by atoms with Gasteiger partial charge in [0.2, 0.25) is 5.91 Å². The summed E-state index contributed by atoms with van der Waals surface area (Å²) in [6.07, 6.45) is 0.368. The Hall–Kier alpha value is -3.09. The van der Waals surface area contributed by atoms with Crippen LogP contribution in [-0.4, -0.2) is 39.1 Å². The van der Waals surface area contributed by atoms with Gasteiger partial charge in [-0.3, -0.25) is 9.59 Å². The molecule has 2 aromatic carbocycles. The molecule has 2 aromatic rings. The van der Waals surface area contributed by atoms with E-state index in [1.807, 2.05) is 0 Å². The molecule has 2 amide bonds. The van der Waals surface area contributed by atoms with E-state index in [2.05, 4.69) is 10.6 Å². The van der Waals surface area contributed by atoms with Crippen LogP contribution in [0, 0.1) is 5.82 Å². The lowest BCUT2D eigenvalue weighted by atomic mass is 10.1. The summed E-state index contributed by atoms with van der Waals surface area (Å²) in [5.74, 6) is -0.464. The predicted octanol–water partition coefficient (Wildman–Crippen LogP) is 1.93. The maximum Gasteiger partial charge on any atom is 0.259 e. The van der Waals surface area contributed by atoms with Crippen molar-refractivity contribution >= 4 is 11.8 Å². The fourth-order valence-corrected chi connectivity index (χ4v) is 2.42. The smallest absolute Gasteiger partial charge is 0.259 e. The third-order valence-corrected chi connectivity index (χ3v) is 3.74. The van der Waals surface area contributed by atoms with Crippen molar-refractivity contribution in [3.05, 3.63) is 59.4 Å². The minimum absolute atomic E-state index is 0.211. The normalized spacial score (nSPS) is 10.1. The van der Waals surface area contributed by atoms with Gasteiger partial charge in [0.05, 0.1) is 20.8 Å². The minimum Gasteiger partial charge on any atom is -0.496 e. The van der Waals surface area contributed by atoms with E-state index in [1.165, 1.54) is 20.3 Å². The Morgan fingerprint density at radius 2 is 1.62 bits per heavy atom. The molecule has 0 unspecified atom stereocenters. The molecule has 2 N–H and O–H groups in total. The van der Waals surface area contributed by atoms with Crippen molar-refractivity contribution in [1.82, 2.24) is 10.6 Å². The fourth-order valence-electron chi connectivity index (χ4n) is 2.42.